The smallest absolute Gasteiger partial charge is 0.226 e. The minimum atomic E-state index is -0.959. The number of amides is 1. The Balaban J connectivity index is 1.87. The second-order valence-electron chi connectivity index (χ2n) is 5.42. The quantitative estimate of drug-likeness (QED) is 0.812. The first-order chi connectivity index (χ1) is 9.98. The van der Waals surface area contributed by atoms with Crippen molar-refractivity contribution in [1.82, 2.24) is 5.32 Å². The Morgan fingerprint density at radius 2 is 2.29 bits per heavy atom. The van der Waals surface area contributed by atoms with Gasteiger partial charge < -0.3 is 15.2 Å². The summed E-state index contributed by atoms with van der Waals surface area (Å²) in [4.78, 5) is 12.1. The average molecular weight is 316 g/mol. The molecule has 6 heteroatoms. The molecule has 1 aromatic carbocycles. The summed E-state index contributed by atoms with van der Waals surface area (Å²) >= 11 is 5.59. The van der Waals surface area contributed by atoms with Gasteiger partial charge in [-0.25, -0.2) is 4.39 Å². The van der Waals surface area contributed by atoms with Gasteiger partial charge in [0.05, 0.1) is 16.5 Å². The molecule has 0 aromatic heterocycles. The molecule has 1 fully saturated rings. The van der Waals surface area contributed by atoms with Crippen LogP contribution in [-0.2, 0) is 9.53 Å². The topological polar surface area (TPSA) is 58.6 Å². The van der Waals surface area contributed by atoms with E-state index in [0.717, 1.165) is 12.8 Å². The zero-order valence-electron chi connectivity index (χ0n) is 11.9. The van der Waals surface area contributed by atoms with Gasteiger partial charge in [-0.05, 0) is 37.0 Å². The van der Waals surface area contributed by atoms with Crippen LogP contribution in [0.4, 0.5) is 4.39 Å². The van der Waals surface area contributed by atoms with Crippen LogP contribution in [0, 0.1) is 11.2 Å². The fourth-order valence-electron chi connectivity index (χ4n) is 2.25. The summed E-state index contributed by atoms with van der Waals surface area (Å²) in [7, 11) is 1.60. The lowest BCUT2D eigenvalue weighted by Crippen LogP contribution is -2.35. The minimum Gasteiger partial charge on any atom is -0.387 e. The molecular formula is C15H19ClFNO3. The summed E-state index contributed by atoms with van der Waals surface area (Å²) in [6, 6.07) is 4.11. The lowest BCUT2D eigenvalue weighted by atomic mass is 10.0. The van der Waals surface area contributed by atoms with E-state index in [-0.39, 0.29) is 22.9 Å². The normalized spacial score (nSPS) is 17.3. The number of nitrogens with one attached hydrogen (secondary N) is 1. The fourth-order valence-corrected chi connectivity index (χ4v) is 2.37. The molecule has 1 atom stereocenters. The van der Waals surface area contributed by atoms with Crippen LogP contribution in [-0.4, -0.2) is 31.3 Å². The molecule has 1 aliphatic rings. The van der Waals surface area contributed by atoms with Crippen LogP contribution >= 0.6 is 11.6 Å². The molecule has 0 spiro atoms. The van der Waals surface area contributed by atoms with Crippen molar-refractivity contribution >= 4 is 17.5 Å². The third kappa shape index (κ3) is 3.93. The molecule has 1 aromatic rings. The van der Waals surface area contributed by atoms with E-state index in [2.05, 4.69) is 5.32 Å². The summed E-state index contributed by atoms with van der Waals surface area (Å²) in [5, 5.41) is 12.7. The van der Waals surface area contributed by atoms with Crippen LogP contribution in [0.2, 0.25) is 5.02 Å². The molecule has 4 nitrogen and oxygen atoms in total. The maximum Gasteiger partial charge on any atom is 0.226 e. The van der Waals surface area contributed by atoms with E-state index in [4.69, 9.17) is 16.3 Å². The van der Waals surface area contributed by atoms with Crippen molar-refractivity contribution < 1.29 is 19.0 Å². The number of carbonyl (C=O) groups is 1. The summed E-state index contributed by atoms with van der Waals surface area (Å²) in [6.07, 6.45) is 1.40. The van der Waals surface area contributed by atoms with Crippen molar-refractivity contribution in [3.05, 3.63) is 34.6 Å². The monoisotopic (exact) mass is 315 g/mol. The van der Waals surface area contributed by atoms with Gasteiger partial charge in [0.15, 0.2) is 0 Å². The van der Waals surface area contributed by atoms with Gasteiger partial charge in [-0.2, -0.15) is 0 Å². The maximum absolute atomic E-state index is 13.3. The highest BCUT2D eigenvalue weighted by Crippen LogP contribution is 2.49. The number of rotatable bonds is 7. The van der Waals surface area contributed by atoms with Crippen molar-refractivity contribution in [3.8, 4) is 0 Å². The first-order valence-corrected chi connectivity index (χ1v) is 7.26. The van der Waals surface area contributed by atoms with Gasteiger partial charge in [0.1, 0.15) is 5.82 Å². The Bertz CT molecular complexity index is 520. The number of aliphatic hydroxyl groups excluding tert-OH is 1. The zero-order valence-corrected chi connectivity index (χ0v) is 12.6. The Kier molecular flexibility index (Phi) is 5.19. The second kappa shape index (κ2) is 6.73. The van der Waals surface area contributed by atoms with Gasteiger partial charge in [-0.15, -0.1) is 0 Å². The van der Waals surface area contributed by atoms with Gasteiger partial charge in [-0.3, -0.25) is 4.79 Å². The first kappa shape index (κ1) is 16.2. The molecule has 0 saturated heterocycles. The largest absolute Gasteiger partial charge is 0.387 e. The van der Waals surface area contributed by atoms with Crippen molar-refractivity contribution in [3.63, 3.8) is 0 Å². The molecule has 0 radical (unpaired) electrons. The number of benzene rings is 1. The summed E-state index contributed by atoms with van der Waals surface area (Å²) in [5.74, 6) is -0.661. The molecular weight excluding hydrogens is 297 g/mol. The van der Waals surface area contributed by atoms with Crippen LogP contribution in [0.15, 0.2) is 18.2 Å². The van der Waals surface area contributed by atoms with E-state index >= 15 is 0 Å². The van der Waals surface area contributed by atoms with Crippen LogP contribution in [0.3, 0.4) is 0 Å². The molecule has 0 heterocycles. The van der Waals surface area contributed by atoms with Gasteiger partial charge in [0.25, 0.3) is 0 Å². The highest BCUT2D eigenvalue weighted by Gasteiger charge is 2.49. The maximum atomic E-state index is 13.3. The van der Waals surface area contributed by atoms with Crippen LogP contribution in [0.25, 0.3) is 0 Å². The third-order valence-electron chi connectivity index (χ3n) is 3.90. The lowest BCUT2D eigenvalue weighted by molar-refractivity contribution is -0.127. The van der Waals surface area contributed by atoms with Crippen molar-refractivity contribution in [1.29, 1.82) is 0 Å². The molecule has 1 unspecified atom stereocenters. The Labute approximate surface area is 128 Å². The second-order valence-corrected chi connectivity index (χ2v) is 5.83. The fraction of sp³-hybridized carbons (Fsp3) is 0.533. The molecule has 0 aliphatic heterocycles. The van der Waals surface area contributed by atoms with E-state index in [0.29, 0.717) is 18.6 Å². The Morgan fingerprint density at radius 1 is 1.57 bits per heavy atom. The molecule has 0 bridgehead atoms. The first-order valence-electron chi connectivity index (χ1n) is 6.89. The average Bonchev–Trinajstić information content (AvgIpc) is 3.26. The zero-order chi connectivity index (χ0) is 15.5. The van der Waals surface area contributed by atoms with Crippen molar-refractivity contribution in [2.75, 3.05) is 20.3 Å². The molecule has 1 saturated carbocycles. The number of carbonyl (C=O) groups excluding carboxylic acids is 1. The number of halogens is 2. The van der Waals surface area contributed by atoms with E-state index in [9.17, 15) is 14.3 Å². The van der Waals surface area contributed by atoms with E-state index < -0.39 is 11.9 Å². The molecule has 2 N–H and O–H groups in total. The van der Waals surface area contributed by atoms with Crippen LogP contribution in [0.1, 0.15) is 30.9 Å². The van der Waals surface area contributed by atoms with E-state index in [1.807, 2.05) is 0 Å². The third-order valence-corrected chi connectivity index (χ3v) is 4.21. The molecule has 1 aliphatic carbocycles. The van der Waals surface area contributed by atoms with Crippen LogP contribution < -0.4 is 5.32 Å². The lowest BCUT2D eigenvalue weighted by Gasteiger charge is -2.17. The van der Waals surface area contributed by atoms with E-state index in [1.165, 1.54) is 12.1 Å². The predicted octanol–water partition coefficient (Wildman–Crippen LogP) is 2.45. The molecule has 21 heavy (non-hydrogen) atoms. The van der Waals surface area contributed by atoms with Gasteiger partial charge in [0, 0.05) is 20.3 Å². The molecule has 1 amide bonds. The highest BCUT2D eigenvalue weighted by molar-refractivity contribution is 6.30. The summed E-state index contributed by atoms with van der Waals surface area (Å²) in [6.45, 7) is 0.590. The van der Waals surface area contributed by atoms with Gasteiger partial charge >= 0.3 is 0 Å². The van der Waals surface area contributed by atoms with Crippen molar-refractivity contribution in [2.24, 2.45) is 5.41 Å². The minimum absolute atomic E-state index is 0.00600. The number of aliphatic hydroxyl groups is 1. The number of ether oxygens (including phenoxy) is 1. The van der Waals surface area contributed by atoms with Crippen LogP contribution in [0.5, 0.6) is 0 Å². The standard InChI is InChI=1S/C15H19ClFNO3/c1-21-7-6-15(4-5-15)14(20)18-9-13(19)10-2-3-11(16)12(17)8-10/h2-3,8,13,19H,4-7,9H2,1H3,(H,18,20). The van der Waals surface area contributed by atoms with Gasteiger partial charge in [0.2, 0.25) is 5.91 Å². The van der Waals surface area contributed by atoms with E-state index in [1.54, 1.807) is 13.2 Å². The Hall–Kier alpha value is -1.17. The SMILES string of the molecule is COCCC1(C(=O)NCC(O)c2ccc(Cl)c(F)c2)CC1. The summed E-state index contributed by atoms with van der Waals surface area (Å²) < 4.78 is 18.3. The summed E-state index contributed by atoms with van der Waals surface area (Å²) in [5.41, 5.74) is 0.0417. The molecule has 116 valence electrons. The van der Waals surface area contributed by atoms with Crippen molar-refractivity contribution in [2.45, 2.75) is 25.4 Å². The number of hydrogen-bond donors (Lipinski definition) is 2. The highest BCUT2D eigenvalue weighted by atomic mass is 35.5. The predicted molar refractivity (Wildman–Crippen MR) is 77.5 cm³/mol. The number of methoxy groups -OCH3 is 1. The number of hydrogen-bond acceptors (Lipinski definition) is 3. The molecule has 2 rings (SSSR count). The van der Waals surface area contributed by atoms with Gasteiger partial charge in [-0.1, -0.05) is 17.7 Å². The Morgan fingerprint density at radius 3 is 2.86 bits per heavy atom.